The number of aryl methyl sites for hydroxylation is 1. The number of rotatable bonds is 10. The van der Waals surface area contributed by atoms with Crippen molar-refractivity contribution in [3.63, 3.8) is 0 Å². The van der Waals surface area contributed by atoms with Crippen molar-refractivity contribution in [1.29, 1.82) is 0 Å². The molecule has 358 valence electrons. The van der Waals surface area contributed by atoms with Crippen molar-refractivity contribution in [2.75, 3.05) is 40.4 Å². The van der Waals surface area contributed by atoms with E-state index in [-0.39, 0.29) is 25.7 Å². The van der Waals surface area contributed by atoms with E-state index >= 15 is 8.78 Å². The number of nitrogens with zero attached hydrogens (tertiary/aromatic N) is 5. The maximum Gasteiger partial charge on any atom is 0.324 e. The van der Waals surface area contributed by atoms with Crippen LogP contribution in [0.4, 0.5) is 8.78 Å². The number of amides is 4. The molecule has 7 rings (SSSR count). The number of fused-ring (bicyclic) bond motifs is 6. The van der Waals surface area contributed by atoms with E-state index in [1.54, 1.807) is 27.2 Å². The van der Waals surface area contributed by atoms with Crippen molar-refractivity contribution in [3.8, 4) is 22.4 Å². The molecule has 14 nitrogen and oxygen atoms in total. The van der Waals surface area contributed by atoms with Gasteiger partial charge in [-0.05, 0) is 91.6 Å². The fraction of sp³-hybridized carbons (Fsp3) is 0.490. The zero-order valence-corrected chi connectivity index (χ0v) is 39.7. The number of carbonyl (C=O) groups is 5. The van der Waals surface area contributed by atoms with Gasteiger partial charge in [0.05, 0.1) is 30.6 Å². The average Bonchev–Trinajstić information content (AvgIpc) is 3.80. The Labute approximate surface area is 391 Å². The Morgan fingerprint density at radius 3 is 2.54 bits per heavy atom. The second-order valence-corrected chi connectivity index (χ2v) is 19.2. The van der Waals surface area contributed by atoms with Crippen LogP contribution in [0.5, 0.6) is 0 Å². The number of hydrogen-bond donors (Lipinski definition) is 2. The monoisotopic (exact) mass is 923 g/mol. The minimum atomic E-state index is -3.54. The molecule has 0 aliphatic carbocycles. The number of hydrazine groups is 1. The SMILES string of the molecule is C=CC(=O)N1C[C@@H](C(=O)N(C)[C@H](C(=O)N[C@H]2Cc3cccc(c3)-c3ccc4c(c3)c(c(-c3cccnc3[C@H](C)OC)n4CC)CC(C)(C)COC(=O)[C@@H]3CCCN(N3)C2=O)C(C)C)C(F)(F)C1. The summed E-state index contributed by atoms with van der Waals surface area (Å²) >= 11 is 0. The first kappa shape index (κ1) is 48.9. The summed E-state index contributed by atoms with van der Waals surface area (Å²) in [6.07, 6.45) is 3.86. The zero-order valence-electron chi connectivity index (χ0n) is 39.7. The Hall–Kier alpha value is -6.00. The van der Waals surface area contributed by atoms with Gasteiger partial charge in [-0.3, -0.25) is 34.0 Å². The highest BCUT2D eigenvalue weighted by Gasteiger charge is 2.54. The maximum atomic E-state index is 15.3. The lowest BCUT2D eigenvalue weighted by molar-refractivity contribution is -0.155. The van der Waals surface area contributed by atoms with Gasteiger partial charge in [0.1, 0.15) is 24.0 Å². The fourth-order valence-corrected chi connectivity index (χ4v) is 9.89. The number of nitrogens with one attached hydrogen (secondary N) is 2. The van der Waals surface area contributed by atoms with E-state index in [1.807, 2.05) is 37.3 Å². The number of likely N-dealkylation sites (tertiary alicyclic amines) is 1. The quantitative estimate of drug-likeness (QED) is 0.134. The molecule has 4 amide bonds. The van der Waals surface area contributed by atoms with Gasteiger partial charge in [0.15, 0.2) is 0 Å². The summed E-state index contributed by atoms with van der Waals surface area (Å²) in [5.74, 6) is -9.48. The molecule has 2 aromatic carbocycles. The molecule has 3 aliphatic rings. The molecule has 0 radical (unpaired) electrons. The van der Waals surface area contributed by atoms with Crippen LogP contribution < -0.4 is 10.7 Å². The zero-order chi connectivity index (χ0) is 48.5. The fourth-order valence-electron chi connectivity index (χ4n) is 9.89. The first-order chi connectivity index (χ1) is 31.8. The molecular formula is C51H63F2N7O7. The Bertz CT molecular complexity index is 2560. The third-order valence-corrected chi connectivity index (χ3v) is 13.4. The van der Waals surface area contributed by atoms with Crippen LogP contribution in [0.3, 0.4) is 0 Å². The third kappa shape index (κ3) is 10.0. The largest absolute Gasteiger partial charge is 0.464 e. The lowest BCUT2D eigenvalue weighted by atomic mass is 9.84. The molecule has 0 unspecified atom stereocenters. The summed E-state index contributed by atoms with van der Waals surface area (Å²) in [7, 11) is 2.95. The molecule has 6 bridgehead atoms. The van der Waals surface area contributed by atoms with Crippen LogP contribution in [0, 0.1) is 17.3 Å². The van der Waals surface area contributed by atoms with Gasteiger partial charge in [0, 0.05) is 68.3 Å². The number of halogens is 2. The maximum absolute atomic E-state index is 15.3. The number of hydrogen-bond acceptors (Lipinski definition) is 9. The smallest absolute Gasteiger partial charge is 0.324 e. The molecule has 0 spiro atoms. The van der Waals surface area contributed by atoms with E-state index in [0.29, 0.717) is 25.8 Å². The second-order valence-electron chi connectivity index (χ2n) is 19.2. The molecule has 2 fully saturated rings. The molecule has 0 saturated carbocycles. The van der Waals surface area contributed by atoms with Gasteiger partial charge in [-0.15, -0.1) is 0 Å². The van der Waals surface area contributed by atoms with Crippen LogP contribution in [0.1, 0.15) is 77.3 Å². The van der Waals surface area contributed by atoms with Crippen molar-refractivity contribution in [2.24, 2.45) is 17.3 Å². The van der Waals surface area contributed by atoms with Crippen molar-refractivity contribution in [1.82, 2.24) is 35.1 Å². The molecule has 5 heterocycles. The van der Waals surface area contributed by atoms with Crippen molar-refractivity contribution in [2.45, 2.75) is 104 Å². The summed E-state index contributed by atoms with van der Waals surface area (Å²) in [5, 5.41) is 5.26. The Balaban J connectivity index is 1.29. The van der Waals surface area contributed by atoms with Gasteiger partial charge < -0.3 is 29.2 Å². The Morgan fingerprint density at radius 2 is 1.84 bits per heavy atom. The summed E-state index contributed by atoms with van der Waals surface area (Å²) in [5.41, 5.74) is 9.92. The molecule has 5 atom stereocenters. The summed E-state index contributed by atoms with van der Waals surface area (Å²) in [6, 6.07) is 14.8. The molecular weight excluding hydrogens is 861 g/mol. The Kier molecular flexibility index (Phi) is 14.4. The van der Waals surface area contributed by atoms with E-state index < -0.39 is 84.0 Å². The Morgan fingerprint density at radius 1 is 1.09 bits per heavy atom. The highest BCUT2D eigenvalue weighted by atomic mass is 19.3. The average molecular weight is 924 g/mol. The summed E-state index contributed by atoms with van der Waals surface area (Å²) in [4.78, 5) is 75.8. The van der Waals surface area contributed by atoms with E-state index in [9.17, 15) is 24.0 Å². The number of ether oxygens (including phenoxy) is 2. The number of methoxy groups -OCH3 is 1. The number of aromatic nitrogens is 2. The van der Waals surface area contributed by atoms with Crippen LogP contribution in [0.15, 0.2) is 73.4 Å². The summed E-state index contributed by atoms with van der Waals surface area (Å²) in [6.45, 7) is 14.5. The van der Waals surface area contributed by atoms with Crippen LogP contribution in [0.2, 0.25) is 0 Å². The third-order valence-electron chi connectivity index (χ3n) is 13.4. The molecule has 16 heteroatoms. The number of cyclic esters (lactones) is 1. The second kappa shape index (κ2) is 19.7. The highest BCUT2D eigenvalue weighted by Crippen LogP contribution is 2.42. The van der Waals surface area contributed by atoms with Gasteiger partial charge >= 0.3 is 5.97 Å². The topological polar surface area (TPSA) is 155 Å². The van der Waals surface area contributed by atoms with E-state index in [2.05, 4.69) is 66.9 Å². The van der Waals surface area contributed by atoms with E-state index in [1.165, 1.54) is 12.1 Å². The summed E-state index contributed by atoms with van der Waals surface area (Å²) < 4.78 is 44.8. The first-order valence-corrected chi connectivity index (χ1v) is 23.1. The van der Waals surface area contributed by atoms with E-state index in [0.717, 1.165) is 66.0 Å². The van der Waals surface area contributed by atoms with Crippen LogP contribution in [0.25, 0.3) is 33.3 Å². The van der Waals surface area contributed by atoms with Crippen molar-refractivity contribution < 1.29 is 42.2 Å². The van der Waals surface area contributed by atoms with E-state index in [4.69, 9.17) is 14.5 Å². The number of benzene rings is 2. The number of alkyl halides is 2. The number of carbonyl (C=O) groups excluding carboxylic acids is 5. The normalized spacial score (nSPS) is 21.6. The molecule has 67 heavy (non-hydrogen) atoms. The van der Waals surface area contributed by atoms with Crippen LogP contribution in [-0.2, 0) is 52.8 Å². The molecule has 4 aromatic rings. The van der Waals surface area contributed by atoms with Crippen molar-refractivity contribution >= 4 is 40.5 Å². The van der Waals surface area contributed by atoms with Crippen LogP contribution >= 0.6 is 0 Å². The molecule has 2 N–H and O–H groups in total. The lowest BCUT2D eigenvalue weighted by Gasteiger charge is -2.37. The van der Waals surface area contributed by atoms with Gasteiger partial charge in [-0.1, -0.05) is 64.6 Å². The lowest BCUT2D eigenvalue weighted by Crippen LogP contribution is -2.62. The van der Waals surface area contributed by atoms with Crippen LogP contribution in [-0.4, -0.2) is 118 Å². The highest BCUT2D eigenvalue weighted by molar-refractivity contribution is 5.96. The number of likely N-dealkylation sites (N-methyl/N-ethyl adjacent to an activating group) is 1. The van der Waals surface area contributed by atoms with Gasteiger partial charge in [-0.25, -0.2) is 14.2 Å². The molecule has 2 aromatic heterocycles. The first-order valence-electron chi connectivity index (χ1n) is 23.1. The van der Waals surface area contributed by atoms with Gasteiger partial charge in [0.25, 0.3) is 11.8 Å². The minimum Gasteiger partial charge on any atom is -0.464 e. The standard InChI is InChI=1S/C51H63F2N7O7/c1-10-42(61)58-27-38(51(52,53)28-58)47(63)57(8)44(30(3)4)46(62)55-40-24-32-15-12-16-33(23-32)34-19-20-41-36(25-34)37(45(59(41)11-2)35-17-13-21-54-43(35)31(5)66-9)26-50(6,7)29-67-49(65)39-18-14-22-60(56-39)48(40)64/h10,12-13,15-17,19-21,23,25,30-31,38-40,44,56H,1,11,14,18,22,24,26-29H2,2-9H3,(H,55,62)/t31-,38-,39-,40-,44-/m0/s1. The minimum absolute atomic E-state index is 0.0208. The predicted molar refractivity (Wildman–Crippen MR) is 250 cm³/mol. The molecule has 3 aliphatic heterocycles. The van der Waals surface area contributed by atoms with Gasteiger partial charge in [0.2, 0.25) is 17.7 Å². The number of esters is 1. The predicted octanol–water partition coefficient (Wildman–Crippen LogP) is 6.51. The number of pyridine rings is 1. The van der Waals surface area contributed by atoms with Crippen molar-refractivity contribution in [3.05, 3.63) is 90.3 Å². The van der Waals surface area contributed by atoms with Gasteiger partial charge in [-0.2, -0.15) is 0 Å². The molecule has 2 saturated heterocycles.